The van der Waals surface area contributed by atoms with E-state index in [1.54, 1.807) is 30.0 Å². The third-order valence-electron chi connectivity index (χ3n) is 4.95. The summed E-state index contributed by atoms with van der Waals surface area (Å²) in [6.45, 7) is 11.9. The first-order chi connectivity index (χ1) is 12.5. The smallest absolute Gasteiger partial charge is 0.179 e. The van der Waals surface area contributed by atoms with Crippen LogP contribution in [0.3, 0.4) is 0 Å². The van der Waals surface area contributed by atoms with E-state index in [2.05, 4.69) is 37.2 Å². The maximum atomic E-state index is 11.3. The molecule has 2 rings (SSSR count). The molecule has 1 aliphatic carbocycles. The van der Waals surface area contributed by atoms with Crippen molar-refractivity contribution in [1.82, 2.24) is 4.98 Å². The highest BCUT2D eigenvalue weighted by molar-refractivity contribution is 8.01. The van der Waals surface area contributed by atoms with Crippen LogP contribution in [-0.4, -0.2) is 16.5 Å². The van der Waals surface area contributed by atoms with Crippen molar-refractivity contribution in [3.8, 4) is 0 Å². The van der Waals surface area contributed by atoms with E-state index in [0.29, 0.717) is 17.5 Å². The average molecular weight is 390 g/mol. The number of aromatic nitrogens is 1. The molecular formula is C22H31NOS2. The molecule has 0 spiro atoms. The molecule has 0 N–H and O–H groups in total. The number of carbonyl (C=O) groups is 1. The van der Waals surface area contributed by atoms with E-state index in [9.17, 15) is 4.79 Å². The van der Waals surface area contributed by atoms with Crippen LogP contribution in [0.25, 0.3) is 0 Å². The molecule has 1 unspecified atom stereocenters. The number of unbranched alkanes of at least 4 members (excludes halogenated alkanes) is 2. The molecule has 0 bridgehead atoms. The Morgan fingerprint density at radius 1 is 1.42 bits per heavy atom. The molecule has 1 fully saturated rings. The third kappa shape index (κ3) is 6.88. The lowest BCUT2D eigenvalue weighted by atomic mass is 9.91. The number of hydrogen-bond donors (Lipinski definition) is 0. The van der Waals surface area contributed by atoms with Crippen LogP contribution in [0.1, 0.15) is 69.3 Å². The van der Waals surface area contributed by atoms with Gasteiger partial charge in [0.1, 0.15) is 5.69 Å². The number of rotatable bonds is 11. The molecule has 1 aliphatic rings. The molecule has 2 atom stereocenters. The summed E-state index contributed by atoms with van der Waals surface area (Å²) in [6.07, 6.45) is 13.2. The van der Waals surface area contributed by atoms with Gasteiger partial charge in [-0.25, -0.2) is 4.98 Å². The molecule has 1 aromatic heterocycles. The Labute approximate surface area is 166 Å². The molecule has 0 amide bonds. The fraction of sp³-hybridized carbons (Fsp3) is 0.545. The van der Waals surface area contributed by atoms with E-state index in [4.69, 9.17) is 0 Å². The highest BCUT2D eigenvalue weighted by atomic mass is 32.2. The fourth-order valence-corrected chi connectivity index (χ4v) is 5.37. The van der Waals surface area contributed by atoms with E-state index in [1.807, 2.05) is 5.38 Å². The van der Waals surface area contributed by atoms with E-state index >= 15 is 0 Å². The Hall–Kier alpha value is -1.13. The topological polar surface area (TPSA) is 30.0 Å². The van der Waals surface area contributed by atoms with Crippen molar-refractivity contribution in [2.45, 2.75) is 63.1 Å². The summed E-state index contributed by atoms with van der Waals surface area (Å²) in [4.78, 5) is 15.7. The van der Waals surface area contributed by atoms with Crippen molar-refractivity contribution in [3.63, 3.8) is 0 Å². The quantitative estimate of drug-likeness (QED) is 0.175. The number of hydrogen-bond acceptors (Lipinski definition) is 4. The van der Waals surface area contributed by atoms with Crippen LogP contribution in [0.4, 0.5) is 0 Å². The molecule has 0 saturated heterocycles. The van der Waals surface area contributed by atoms with E-state index < -0.39 is 0 Å². The van der Waals surface area contributed by atoms with Gasteiger partial charge in [0.15, 0.2) is 10.1 Å². The average Bonchev–Trinajstić information content (AvgIpc) is 3.19. The highest BCUT2D eigenvalue weighted by Gasteiger charge is 2.28. The minimum absolute atomic E-state index is 0.0470. The SMILES string of the molecule is C=C(C)CCCC/C=C/C1CCC(=C)[C@@H]1CCSc1nc(C(C)=O)cs1. The van der Waals surface area contributed by atoms with Gasteiger partial charge in [0, 0.05) is 18.1 Å². The van der Waals surface area contributed by atoms with Crippen molar-refractivity contribution in [3.05, 3.63) is 47.5 Å². The highest BCUT2D eigenvalue weighted by Crippen LogP contribution is 2.40. The summed E-state index contributed by atoms with van der Waals surface area (Å²) in [5.41, 5.74) is 3.29. The Morgan fingerprint density at radius 2 is 2.23 bits per heavy atom. The summed E-state index contributed by atoms with van der Waals surface area (Å²) in [5, 5.41) is 1.86. The molecule has 142 valence electrons. The number of nitrogens with zero attached hydrogens (tertiary/aromatic N) is 1. The zero-order valence-corrected chi connectivity index (χ0v) is 17.8. The van der Waals surface area contributed by atoms with Crippen LogP contribution >= 0.6 is 23.1 Å². The summed E-state index contributed by atoms with van der Waals surface area (Å²) in [5.74, 6) is 2.33. The summed E-state index contributed by atoms with van der Waals surface area (Å²) < 4.78 is 1.00. The van der Waals surface area contributed by atoms with Gasteiger partial charge in [-0.2, -0.15) is 0 Å². The Balaban J connectivity index is 1.74. The second-order valence-electron chi connectivity index (χ2n) is 7.29. The second kappa shape index (κ2) is 10.9. The van der Waals surface area contributed by atoms with Gasteiger partial charge in [0.2, 0.25) is 0 Å². The monoisotopic (exact) mass is 389 g/mol. The molecule has 1 saturated carbocycles. The number of ketones is 1. The first-order valence-corrected chi connectivity index (χ1v) is 11.4. The van der Waals surface area contributed by atoms with Crippen molar-refractivity contribution in [2.24, 2.45) is 11.8 Å². The number of allylic oxidation sites excluding steroid dienone is 4. The normalized spacial score (nSPS) is 20.2. The van der Waals surface area contributed by atoms with E-state index in [-0.39, 0.29) is 5.78 Å². The molecule has 26 heavy (non-hydrogen) atoms. The first kappa shape index (κ1) is 21.2. The minimum atomic E-state index is 0.0470. The first-order valence-electron chi connectivity index (χ1n) is 9.55. The van der Waals surface area contributed by atoms with Crippen molar-refractivity contribution in [2.75, 3.05) is 5.75 Å². The van der Waals surface area contributed by atoms with Gasteiger partial charge in [-0.1, -0.05) is 41.6 Å². The maximum Gasteiger partial charge on any atom is 0.179 e. The minimum Gasteiger partial charge on any atom is -0.293 e. The summed E-state index contributed by atoms with van der Waals surface area (Å²) >= 11 is 3.34. The predicted octanol–water partition coefficient (Wildman–Crippen LogP) is 7.10. The fourth-order valence-electron chi connectivity index (χ4n) is 3.41. The molecule has 0 radical (unpaired) electrons. The van der Waals surface area contributed by atoms with Crippen molar-refractivity contribution in [1.29, 1.82) is 0 Å². The third-order valence-corrected chi connectivity index (χ3v) is 7.00. The summed E-state index contributed by atoms with van der Waals surface area (Å²) in [6, 6.07) is 0. The van der Waals surface area contributed by atoms with Crippen LogP contribution < -0.4 is 0 Å². The van der Waals surface area contributed by atoms with Gasteiger partial charge in [-0.3, -0.25) is 4.79 Å². The molecule has 0 aliphatic heterocycles. The van der Waals surface area contributed by atoms with Gasteiger partial charge in [0.05, 0.1) is 0 Å². The summed E-state index contributed by atoms with van der Waals surface area (Å²) in [7, 11) is 0. The Bertz CT molecular complexity index is 659. The van der Waals surface area contributed by atoms with Gasteiger partial charge in [-0.15, -0.1) is 17.9 Å². The standard InChI is InChI=1S/C22H31NOS2/c1-16(2)9-7-5-6-8-10-19-12-11-17(3)20(19)13-14-25-22-23-21(15-26-22)18(4)24/h8,10,15,19-20H,1,3,5-7,9,11-14H2,2,4H3/b10-8+/t19?,20-/m0/s1. The van der Waals surface area contributed by atoms with Crippen molar-refractivity contribution >= 4 is 28.9 Å². The lowest BCUT2D eigenvalue weighted by Gasteiger charge is -2.17. The van der Waals surface area contributed by atoms with Crippen LogP contribution in [0.15, 0.2) is 46.2 Å². The molecular weight excluding hydrogens is 358 g/mol. The van der Waals surface area contributed by atoms with Gasteiger partial charge >= 0.3 is 0 Å². The van der Waals surface area contributed by atoms with Crippen LogP contribution in [0.2, 0.25) is 0 Å². The van der Waals surface area contributed by atoms with Gasteiger partial charge in [-0.05, 0) is 63.7 Å². The number of thiazole rings is 1. The van der Waals surface area contributed by atoms with Gasteiger partial charge in [0.25, 0.3) is 0 Å². The van der Waals surface area contributed by atoms with Crippen LogP contribution in [-0.2, 0) is 0 Å². The molecule has 4 heteroatoms. The largest absolute Gasteiger partial charge is 0.293 e. The Kier molecular flexibility index (Phi) is 8.86. The molecule has 1 aromatic rings. The van der Waals surface area contributed by atoms with E-state index in [0.717, 1.165) is 29.4 Å². The predicted molar refractivity (Wildman–Crippen MR) is 115 cm³/mol. The molecule has 2 nitrogen and oxygen atoms in total. The Morgan fingerprint density at radius 3 is 2.92 bits per heavy atom. The van der Waals surface area contributed by atoms with Crippen molar-refractivity contribution < 1.29 is 4.79 Å². The van der Waals surface area contributed by atoms with Crippen LogP contribution in [0.5, 0.6) is 0 Å². The zero-order valence-electron chi connectivity index (χ0n) is 16.1. The van der Waals surface area contributed by atoms with Crippen LogP contribution in [0, 0.1) is 11.8 Å². The van der Waals surface area contributed by atoms with E-state index in [1.165, 1.54) is 36.8 Å². The molecule has 0 aromatic carbocycles. The number of Topliss-reactive ketones (excluding diaryl/α,β-unsaturated/α-hetero) is 1. The zero-order chi connectivity index (χ0) is 18.9. The lowest BCUT2D eigenvalue weighted by Crippen LogP contribution is -2.08. The lowest BCUT2D eigenvalue weighted by molar-refractivity contribution is 0.101. The second-order valence-corrected chi connectivity index (χ2v) is 9.49. The number of carbonyl (C=O) groups excluding carboxylic acids is 1. The number of thioether (sulfide) groups is 1. The molecule has 1 heterocycles. The maximum absolute atomic E-state index is 11.3. The van der Waals surface area contributed by atoms with Gasteiger partial charge < -0.3 is 0 Å².